The normalized spacial score (nSPS) is 15.0. The number of rotatable bonds is 4. The molecule has 0 heterocycles. The predicted octanol–water partition coefficient (Wildman–Crippen LogP) is 1.52. The minimum absolute atomic E-state index is 0.132. The van der Waals surface area contributed by atoms with Crippen LogP contribution < -0.4 is 10.6 Å². The van der Waals surface area contributed by atoms with Crippen LogP contribution in [0.15, 0.2) is 24.3 Å². The molecule has 1 aromatic carbocycles. The molecule has 0 unspecified atom stereocenters. The zero-order chi connectivity index (χ0) is 10.7. The van der Waals surface area contributed by atoms with Gasteiger partial charge >= 0.3 is 0 Å². The van der Waals surface area contributed by atoms with E-state index in [0.717, 1.165) is 12.8 Å². The molecule has 0 saturated heterocycles. The molecule has 1 amide bonds. The molecule has 2 rings (SSSR count). The number of carbonyl (C=O) groups is 1. The molecule has 1 saturated carbocycles. The summed E-state index contributed by atoms with van der Waals surface area (Å²) in [7, 11) is 0. The summed E-state index contributed by atoms with van der Waals surface area (Å²) in [5, 5.41) is 5.71. The second kappa shape index (κ2) is 4.40. The van der Waals surface area contributed by atoms with Crippen molar-refractivity contribution in [3.63, 3.8) is 0 Å². The van der Waals surface area contributed by atoms with E-state index < -0.39 is 0 Å². The molecule has 0 radical (unpaired) electrons. The van der Waals surface area contributed by atoms with Crippen LogP contribution in [-0.2, 0) is 4.79 Å². The summed E-state index contributed by atoms with van der Waals surface area (Å²) in [4.78, 5) is 11.4. The van der Waals surface area contributed by atoms with Crippen LogP contribution >= 0.6 is 0 Å². The molecule has 0 aromatic heterocycles. The number of anilines is 1. The van der Waals surface area contributed by atoms with Gasteiger partial charge in [0.15, 0.2) is 0 Å². The van der Waals surface area contributed by atoms with Crippen LogP contribution in [0.3, 0.4) is 0 Å². The molecule has 1 aromatic rings. The Balaban J connectivity index is 1.81. The van der Waals surface area contributed by atoms with Gasteiger partial charge in [-0.1, -0.05) is 6.07 Å². The molecule has 4 heteroatoms. The average molecular weight is 208 g/mol. The van der Waals surface area contributed by atoms with E-state index in [9.17, 15) is 9.18 Å². The molecule has 0 atom stereocenters. The van der Waals surface area contributed by atoms with Crippen molar-refractivity contribution < 1.29 is 9.18 Å². The number of hydrogen-bond donors (Lipinski definition) is 2. The van der Waals surface area contributed by atoms with Crippen molar-refractivity contribution >= 4 is 11.6 Å². The van der Waals surface area contributed by atoms with Crippen LogP contribution in [0.25, 0.3) is 0 Å². The van der Waals surface area contributed by atoms with Gasteiger partial charge in [0, 0.05) is 11.7 Å². The lowest BCUT2D eigenvalue weighted by Crippen LogP contribution is -2.29. The van der Waals surface area contributed by atoms with E-state index in [2.05, 4.69) is 10.6 Å². The Hall–Kier alpha value is -1.42. The lowest BCUT2D eigenvalue weighted by molar-refractivity contribution is -0.115. The second-order valence-electron chi connectivity index (χ2n) is 3.71. The van der Waals surface area contributed by atoms with Crippen molar-refractivity contribution in [3.8, 4) is 0 Å². The Morgan fingerprint density at radius 3 is 2.93 bits per heavy atom. The SMILES string of the molecule is O=C(CNC1CC1)Nc1cccc(F)c1. The van der Waals surface area contributed by atoms with Gasteiger partial charge in [0.25, 0.3) is 0 Å². The maximum absolute atomic E-state index is 12.8. The molecule has 15 heavy (non-hydrogen) atoms. The van der Waals surface area contributed by atoms with Crippen LogP contribution in [0.2, 0.25) is 0 Å². The summed E-state index contributed by atoms with van der Waals surface area (Å²) in [6.07, 6.45) is 2.29. The van der Waals surface area contributed by atoms with Crippen LogP contribution in [0, 0.1) is 5.82 Å². The Labute approximate surface area is 87.7 Å². The van der Waals surface area contributed by atoms with Gasteiger partial charge in [-0.05, 0) is 31.0 Å². The van der Waals surface area contributed by atoms with Crippen LogP contribution in [0.1, 0.15) is 12.8 Å². The third kappa shape index (κ3) is 3.32. The van der Waals surface area contributed by atoms with Gasteiger partial charge in [-0.2, -0.15) is 0 Å². The summed E-state index contributed by atoms with van der Waals surface area (Å²) in [5.74, 6) is -0.476. The van der Waals surface area contributed by atoms with Crippen molar-refractivity contribution in [2.24, 2.45) is 0 Å². The highest BCUT2D eigenvalue weighted by molar-refractivity contribution is 5.92. The first-order chi connectivity index (χ1) is 7.24. The number of benzene rings is 1. The van der Waals surface area contributed by atoms with E-state index in [4.69, 9.17) is 0 Å². The Morgan fingerprint density at radius 2 is 2.27 bits per heavy atom. The highest BCUT2D eigenvalue weighted by Crippen LogP contribution is 2.18. The number of nitrogens with one attached hydrogen (secondary N) is 2. The molecule has 0 bridgehead atoms. The number of amides is 1. The predicted molar refractivity (Wildman–Crippen MR) is 56.1 cm³/mol. The van der Waals surface area contributed by atoms with Gasteiger partial charge in [0.05, 0.1) is 6.54 Å². The molecule has 1 aliphatic carbocycles. The zero-order valence-corrected chi connectivity index (χ0v) is 8.29. The molecule has 1 aliphatic rings. The number of carbonyl (C=O) groups excluding carboxylic acids is 1. The van der Waals surface area contributed by atoms with E-state index in [1.807, 2.05) is 0 Å². The molecule has 80 valence electrons. The first-order valence-electron chi connectivity index (χ1n) is 5.03. The quantitative estimate of drug-likeness (QED) is 0.787. The largest absolute Gasteiger partial charge is 0.325 e. The lowest BCUT2D eigenvalue weighted by Gasteiger charge is -2.05. The summed E-state index contributed by atoms with van der Waals surface area (Å²) >= 11 is 0. The maximum atomic E-state index is 12.8. The topological polar surface area (TPSA) is 41.1 Å². The fourth-order valence-electron chi connectivity index (χ4n) is 1.30. The first kappa shape index (κ1) is 10.1. The molecular formula is C11H13FN2O. The Morgan fingerprint density at radius 1 is 1.47 bits per heavy atom. The summed E-state index contributed by atoms with van der Waals surface area (Å²) < 4.78 is 12.8. The fraction of sp³-hybridized carbons (Fsp3) is 0.364. The molecule has 1 fully saturated rings. The van der Waals surface area contributed by atoms with E-state index >= 15 is 0 Å². The van der Waals surface area contributed by atoms with E-state index in [-0.39, 0.29) is 11.7 Å². The maximum Gasteiger partial charge on any atom is 0.238 e. The van der Waals surface area contributed by atoms with Gasteiger partial charge in [-0.15, -0.1) is 0 Å². The van der Waals surface area contributed by atoms with Crippen molar-refractivity contribution in [1.29, 1.82) is 0 Å². The van der Waals surface area contributed by atoms with Gasteiger partial charge in [-0.3, -0.25) is 4.79 Å². The number of hydrogen-bond acceptors (Lipinski definition) is 2. The van der Waals surface area contributed by atoms with Crippen molar-refractivity contribution in [3.05, 3.63) is 30.1 Å². The van der Waals surface area contributed by atoms with Gasteiger partial charge in [0.2, 0.25) is 5.91 Å². The molecule has 0 spiro atoms. The summed E-state index contributed by atoms with van der Waals surface area (Å²) in [6.45, 7) is 0.293. The standard InChI is InChI=1S/C11H13FN2O/c12-8-2-1-3-10(6-8)14-11(15)7-13-9-4-5-9/h1-3,6,9,13H,4-5,7H2,(H,14,15). The smallest absolute Gasteiger partial charge is 0.238 e. The summed E-state index contributed by atoms with van der Waals surface area (Å²) in [5.41, 5.74) is 0.498. The molecular weight excluding hydrogens is 195 g/mol. The highest BCUT2D eigenvalue weighted by Gasteiger charge is 2.21. The summed E-state index contributed by atoms with van der Waals surface area (Å²) in [6, 6.07) is 6.38. The third-order valence-electron chi connectivity index (χ3n) is 2.24. The minimum Gasteiger partial charge on any atom is -0.325 e. The third-order valence-corrected chi connectivity index (χ3v) is 2.24. The lowest BCUT2D eigenvalue weighted by atomic mass is 10.3. The Kier molecular flexibility index (Phi) is 2.97. The number of halogens is 1. The average Bonchev–Trinajstić information content (AvgIpc) is 2.98. The highest BCUT2D eigenvalue weighted by atomic mass is 19.1. The second-order valence-corrected chi connectivity index (χ2v) is 3.71. The van der Waals surface area contributed by atoms with Gasteiger partial charge in [0.1, 0.15) is 5.82 Å². The molecule has 3 nitrogen and oxygen atoms in total. The molecule has 2 N–H and O–H groups in total. The Bertz CT molecular complexity index is 363. The van der Waals surface area contributed by atoms with Gasteiger partial charge in [-0.25, -0.2) is 4.39 Å². The fourth-order valence-corrected chi connectivity index (χ4v) is 1.30. The van der Waals surface area contributed by atoms with Crippen LogP contribution in [-0.4, -0.2) is 18.5 Å². The minimum atomic E-state index is -0.344. The van der Waals surface area contributed by atoms with E-state index in [0.29, 0.717) is 18.3 Å². The first-order valence-corrected chi connectivity index (χ1v) is 5.03. The van der Waals surface area contributed by atoms with Crippen molar-refractivity contribution in [2.45, 2.75) is 18.9 Å². The van der Waals surface area contributed by atoms with Gasteiger partial charge < -0.3 is 10.6 Å². The van der Waals surface area contributed by atoms with E-state index in [1.165, 1.54) is 12.1 Å². The molecule has 0 aliphatic heterocycles. The monoisotopic (exact) mass is 208 g/mol. The van der Waals surface area contributed by atoms with Crippen LogP contribution in [0.5, 0.6) is 0 Å². The van der Waals surface area contributed by atoms with Crippen molar-refractivity contribution in [1.82, 2.24) is 5.32 Å². The zero-order valence-electron chi connectivity index (χ0n) is 8.29. The van der Waals surface area contributed by atoms with Crippen LogP contribution in [0.4, 0.5) is 10.1 Å². The van der Waals surface area contributed by atoms with Crippen molar-refractivity contribution in [2.75, 3.05) is 11.9 Å². The van der Waals surface area contributed by atoms with E-state index in [1.54, 1.807) is 12.1 Å².